The molecular formula is C17H16ClN5O2. The van der Waals surface area contributed by atoms with Crippen molar-refractivity contribution in [2.45, 2.75) is 19.5 Å². The zero-order valence-electron chi connectivity index (χ0n) is 13.4. The Balaban J connectivity index is 1.59. The molecule has 3 rings (SSSR count). The van der Waals surface area contributed by atoms with Crippen LogP contribution in [0, 0.1) is 0 Å². The molecule has 2 aromatic heterocycles. The van der Waals surface area contributed by atoms with Gasteiger partial charge in [-0.05, 0) is 31.2 Å². The zero-order chi connectivity index (χ0) is 17.8. The Morgan fingerprint density at radius 2 is 1.92 bits per heavy atom. The van der Waals surface area contributed by atoms with Crippen LogP contribution in [0.3, 0.4) is 0 Å². The molecule has 0 saturated carbocycles. The second-order valence-corrected chi connectivity index (χ2v) is 5.85. The summed E-state index contributed by atoms with van der Waals surface area (Å²) in [6.07, 6.45) is 1.82. The summed E-state index contributed by atoms with van der Waals surface area (Å²) in [7, 11) is 0. The van der Waals surface area contributed by atoms with Gasteiger partial charge in [-0.15, -0.1) is 10.2 Å². The highest BCUT2D eigenvalue weighted by Crippen LogP contribution is 2.14. The van der Waals surface area contributed by atoms with Crippen molar-refractivity contribution in [2.75, 3.05) is 0 Å². The lowest BCUT2D eigenvalue weighted by Gasteiger charge is -2.14. The molecule has 7 nitrogen and oxygen atoms in total. The molecule has 0 spiro atoms. The quantitative estimate of drug-likeness (QED) is 0.729. The lowest BCUT2D eigenvalue weighted by atomic mass is 10.2. The molecule has 0 aliphatic carbocycles. The van der Waals surface area contributed by atoms with Crippen molar-refractivity contribution in [1.29, 1.82) is 0 Å². The molecule has 0 fully saturated rings. The summed E-state index contributed by atoms with van der Waals surface area (Å²) in [4.78, 5) is 24.4. The maximum absolute atomic E-state index is 12.2. The average Bonchev–Trinajstić information content (AvgIpc) is 3.03. The van der Waals surface area contributed by atoms with E-state index in [1.807, 2.05) is 24.4 Å². The first-order valence-electron chi connectivity index (χ1n) is 7.68. The molecule has 2 amide bonds. The second-order valence-electron chi connectivity index (χ2n) is 5.44. The Bertz CT molecular complexity index is 924. The molecule has 25 heavy (non-hydrogen) atoms. The molecule has 3 aromatic rings. The molecule has 1 aromatic carbocycles. The SMILES string of the molecule is C[C@H](NC(=O)c1ccccc1Cl)C(=O)NCc1nnc2ccccn12. The Morgan fingerprint density at radius 1 is 1.16 bits per heavy atom. The van der Waals surface area contributed by atoms with Gasteiger partial charge in [-0.3, -0.25) is 14.0 Å². The largest absolute Gasteiger partial charge is 0.347 e. The van der Waals surface area contributed by atoms with Crippen LogP contribution in [0.2, 0.25) is 5.02 Å². The highest BCUT2D eigenvalue weighted by Gasteiger charge is 2.18. The van der Waals surface area contributed by atoms with Crippen molar-refractivity contribution in [1.82, 2.24) is 25.2 Å². The lowest BCUT2D eigenvalue weighted by molar-refractivity contribution is -0.122. The van der Waals surface area contributed by atoms with Crippen LogP contribution in [0.4, 0.5) is 0 Å². The summed E-state index contributed by atoms with van der Waals surface area (Å²) < 4.78 is 1.78. The van der Waals surface area contributed by atoms with Crippen LogP contribution in [0.15, 0.2) is 48.7 Å². The number of carbonyl (C=O) groups is 2. The number of amides is 2. The number of halogens is 1. The number of nitrogens with one attached hydrogen (secondary N) is 2. The van der Waals surface area contributed by atoms with Crippen LogP contribution in [0.5, 0.6) is 0 Å². The van der Waals surface area contributed by atoms with E-state index < -0.39 is 11.9 Å². The molecule has 2 N–H and O–H groups in total. The standard InChI is InChI=1S/C17H16ClN5O2/c1-11(20-17(25)12-6-2-3-7-13(12)18)16(24)19-10-15-22-21-14-8-4-5-9-23(14)15/h2-9,11H,10H2,1H3,(H,19,24)(H,20,25)/t11-/m0/s1. The van der Waals surface area contributed by atoms with Crippen molar-refractivity contribution in [3.05, 3.63) is 65.1 Å². The summed E-state index contributed by atoms with van der Waals surface area (Å²) in [5.74, 6) is -0.122. The van der Waals surface area contributed by atoms with Gasteiger partial charge >= 0.3 is 0 Å². The van der Waals surface area contributed by atoms with Crippen molar-refractivity contribution in [2.24, 2.45) is 0 Å². The highest BCUT2D eigenvalue weighted by molar-refractivity contribution is 6.33. The van der Waals surface area contributed by atoms with Crippen molar-refractivity contribution >= 4 is 29.1 Å². The van der Waals surface area contributed by atoms with E-state index in [0.29, 0.717) is 22.1 Å². The van der Waals surface area contributed by atoms with Crippen LogP contribution in [-0.4, -0.2) is 32.5 Å². The number of rotatable bonds is 5. The van der Waals surface area contributed by atoms with Crippen molar-refractivity contribution in [3.63, 3.8) is 0 Å². The molecule has 0 radical (unpaired) electrons. The van der Waals surface area contributed by atoms with Gasteiger partial charge in [0.05, 0.1) is 17.1 Å². The number of aromatic nitrogens is 3. The Labute approximate surface area is 149 Å². The fraction of sp³-hybridized carbons (Fsp3) is 0.176. The fourth-order valence-corrected chi connectivity index (χ4v) is 2.54. The van der Waals surface area contributed by atoms with Gasteiger partial charge in [0.1, 0.15) is 6.04 Å². The summed E-state index contributed by atoms with van der Waals surface area (Å²) in [5, 5.41) is 13.8. The van der Waals surface area contributed by atoms with Gasteiger partial charge in [0, 0.05) is 6.20 Å². The minimum Gasteiger partial charge on any atom is -0.347 e. The molecule has 0 aliphatic heterocycles. The number of hydrogen-bond donors (Lipinski definition) is 2. The second kappa shape index (κ2) is 7.31. The van der Waals surface area contributed by atoms with E-state index in [0.717, 1.165) is 0 Å². The number of fused-ring (bicyclic) bond motifs is 1. The van der Waals surface area contributed by atoms with E-state index in [2.05, 4.69) is 20.8 Å². The molecular weight excluding hydrogens is 342 g/mol. The van der Waals surface area contributed by atoms with E-state index in [9.17, 15) is 9.59 Å². The van der Waals surface area contributed by atoms with Gasteiger partial charge in [0.25, 0.3) is 5.91 Å². The Kier molecular flexibility index (Phi) is 4.95. The predicted molar refractivity (Wildman–Crippen MR) is 93.2 cm³/mol. The monoisotopic (exact) mass is 357 g/mol. The van der Waals surface area contributed by atoms with E-state index in [4.69, 9.17) is 11.6 Å². The maximum Gasteiger partial charge on any atom is 0.253 e. The van der Waals surface area contributed by atoms with Crippen LogP contribution in [0.25, 0.3) is 5.65 Å². The first kappa shape index (κ1) is 16.9. The van der Waals surface area contributed by atoms with Crippen LogP contribution in [-0.2, 0) is 11.3 Å². The van der Waals surface area contributed by atoms with E-state index in [-0.39, 0.29) is 12.5 Å². The summed E-state index contributed by atoms with van der Waals surface area (Å²) >= 11 is 5.99. The average molecular weight is 358 g/mol. The third-order valence-electron chi connectivity index (χ3n) is 3.66. The van der Waals surface area contributed by atoms with Crippen molar-refractivity contribution in [3.8, 4) is 0 Å². The third-order valence-corrected chi connectivity index (χ3v) is 3.99. The number of carbonyl (C=O) groups excluding carboxylic acids is 2. The van der Waals surface area contributed by atoms with Gasteiger partial charge in [-0.2, -0.15) is 0 Å². The van der Waals surface area contributed by atoms with Crippen LogP contribution >= 0.6 is 11.6 Å². The molecule has 8 heteroatoms. The Hall–Kier alpha value is -2.93. The van der Waals surface area contributed by atoms with Gasteiger partial charge in [0.15, 0.2) is 11.5 Å². The molecule has 0 saturated heterocycles. The number of hydrogen-bond acceptors (Lipinski definition) is 4. The molecule has 128 valence electrons. The maximum atomic E-state index is 12.2. The van der Waals surface area contributed by atoms with Gasteiger partial charge in [0.2, 0.25) is 5.91 Å². The molecule has 1 atom stereocenters. The minimum atomic E-state index is -0.719. The number of nitrogens with zero attached hydrogens (tertiary/aromatic N) is 3. The number of pyridine rings is 1. The zero-order valence-corrected chi connectivity index (χ0v) is 14.2. The van der Waals surface area contributed by atoms with E-state index in [1.54, 1.807) is 35.6 Å². The number of benzene rings is 1. The van der Waals surface area contributed by atoms with E-state index in [1.165, 1.54) is 0 Å². The smallest absolute Gasteiger partial charge is 0.253 e. The van der Waals surface area contributed by atoms with Gasteiger partial charge in [-0.1, -0.05) is 29.8 Å². The molecule has 0 aliphatic rings. The summed E-state index contributed by atoms with van der Waals surface area (Å²) in [6, 6.07) is 11.5. The molecule has 2 heterocycles. The molecule has 0 bridgehead atoms. The lowest BCUT2D eigenvalue weighted by Crippen LogP contribution is -2.44. The summed E-state index contributed by atoms with van der Waals surface area (Å²) in [6.45, 7) is 1.81. The first-order chi connectivity index (χ1) is 12.1. The normalized spacial score (nSPS) is 11.9. The van der Waals surface area contributed by atoms with Crippen LogP contribution < -0.4 is 10.6 Å². The third kappa shape index (κ3) is 3.77. The van der Waals surface area contributed by atoms with Gasteiger partial charge < -0.3 is 10.6 Å². The molecule has 0 unspecified atom stereocenters. The van der Waals surface area contributed by atoms with E-state index >= 15 is 0 Å². The van der Waals surface area contributed by atoms with Crippen molar-refractivity contribution < 1.29 is 9.59 Å². The summed E-state index contributed by atoms with van der Waals surface area (Å²) in [5.41, 5.74) is 1.03. The Morgan fingerprint density at radius 3 is 2.72 bits per heavy atom. The highest BCUT2D eigenvalue weighted by atomic mass is 35.5. The fourth-order valence-electron chi connectivity index (χ4n) is 2.32. The van der Waals surface area contributed by atoms with Crippen LogP contribution in [0.1, 0.15) is 23.1 Å². The minimum absolute atomic E-state index is 0.205. The predicted octanol–water partition coefficient (Wildman–Crippen LogP) is 1.82. The topological polar surface area (TPSA) is 88.4 Å². The van der Waals surface area contributed by atoms with Gasteiger partial charge in [-0.25, -0.2) is 0 Å². The first-order valence-corrected chi connectivity index (χ1v) is 8.06.